The summed E-state index contributed by atoms with van der Waals surface area (Å²) in [6.07, 6.45) is 0.756. The molecule has 0 aromatic heterocycles. The lowest BCUT2D eigenvalue weighted by Crippen LogP contribution is -2.58. The van der Waals surface area contributed by atoms with E-state index in [1.165, 1.54) is 0 Å². The molecule has 1 fully saturated rings. The highest BCUT2D eigenvalue weighted by atomic mass is 16.6. The molecule has 21 heavy (non-hydrogen) atoms. The van der Waals surface area contributed by atoms with Gasteiger partial charge >= 0.3 is 6.09 Å². The maximum absolute atomic E-state index is 11.7. The van der Waals surface area contributed by atoms with Crippen molar-refractivity contribution in [1.82, 2.24) is 15.1 Å². The maximum atomic E-state index is 11.7. The van der Waals surface area contributed by atoms with E-state index in [9.17, 15) is 4.79 Å². The molecule has 1 rings (SSSR count). The van der Waals surface area contributed by atoms with Crippen LogP contribution >= 0.6 is 0 Å². The SMILES string of the molecule is CCC1CN(C(CN)CNC(=O)OC(C)(C)C)CCN1C. The summed E-state index contributed by atoms with van der Waals surface area (Å²) in [5.74, 6) is 0. The summed E-state index contributed by atoms with van der Waals surface area (Å²) in [7, 11) is 2.17. The van der Waals surface area contributed by atoms with E-state index in [0.29, 0.717) is 19.1 Å². The van der Waals surface area contributed by atoms with Gasteiger partial charge < -0.3 is 20.7 Å². The molecule has 1 heterocycles. The van der Waals surface area contributed by atoms with Crippen LogP contribution < -0.4 is 11.1 Å². The summed E-state index contributed by atoms with van der Waals surface area (Å²) in [4.78, 5) is 16.5. The van der Waals surface area contributed by atoms with E-state index in [1.807, 2.05) is 20.8 Å². The molecule has 1 aliphatic heterocycles. The van der Waals surface area contributed by atoms with Crippen molar-refractivity contribution < 1.29 is 9.53 Å². The molecule has 2 atom stereocenters. The topological polar surface area (TPSA) is 70.8 Å². The number of nitrogens with zero attached hydrogens (tertiary/aromatic N) is 2. The number of nitrogens with two attached hydrogens (primary N) is 1. The molecule has 1 saturated heterocycles. The second kappa shape index (κ2) is 7.96. The van der Waals surface area contributed by atoms with E-state index in [4.69, 9.17) is 10.5 Å². The fourth-order valence-electron chi connectivity index (χ4n) is 2.62. The van der Waals surface area contributed by atoms with Crippen molar-refractivity contribution >= 4 is 6.09 Å². The van der Waals surface area contributed by atoms with Crippen LogP contribution in [-0.4, -0.2) is 73.3 Å². The van der Waals surface area contributed by atoms with Gasteiger partial charge in [0, 0.05) is 44.8 Å². The maximum Gasteiger partial charge on any atom is 0.407 e. The molecule has 3 N–H and O–H groups in total. The predicted molar refractivity (Wildman–Crippen MR) is 85.4 cm³/mol. The first-order chi connectivity index (χ1) is 9.76. The standard InChI is InChI=1S/C15H32N4O2/c1-6-12-11-19(8-7-18(12)5)13(9-16)10-17-14(20)21-15(2,3)4/h12-13H,6-11,16H2,1-5H3,(H,17,20). The Balaban J connectivity index is 2.46. The van der Waals surface area contributed by atoms with Gasteiger partial charge in [0.2, 0.25) is 0 Å². The first kappa shape index (κ1) is 18.2. The van der Waals surface area contributed by atoms with Gasteiger partial charge in [-0.15, -0.1) is 0 Å². The molecule has 1 amide bonds. The van der Waals surface area contributed by atoms with Crippen molar-refractivity contribution in [3.05, 3.63) is 0 Å². The van der Waals surface area contributed by atoms with Crippen molar-refractivity contribution in [3.63, 3.8) is 0 Å². The van der Waals surface area contributed by atoms with E-state index in [2.05, 4.69) is 29.1 Å². The lowest BCUT2D eigenvalue weighted by atomic mass is 10.1. The van der Waals surface area contributed by atoms with Gasteiger partial charge in [-0.1, -0.05) is 6.92 Å². The normalized spacial score (nSPS) is 22.9. The van der Waals surface area contributed by atoms with Crippen molar-refractivity contribution in [2.45, 2.75) is 51.8 Å². The second-order valence-corrected chi connectivity index (χ2v) is 6.81. The number of hydrogen-bond donors (Lipinski definition) is 2. The third-order valence-electron chi connectivity index (χ3n) is 3.95. The average molecular weight is 300 g/mol. The van der Waals surface area contributed by atoms with E-state index >= 15 is 0 Å². The number of amides is 1. The Morgan fingerprint density at radius 2 is 2.10 bits per heavy atom. The molecule has 0 radical (unpaired) electrons. The number of alkyl carbamates (subject to hydrolysis) is 1. The minimum atomic E-state index is -0.469. The summed E-state index contributed by atoms with van der Waals surface area (Å²) in [6, 6.07) is 0.731. The van der Waals surface area contributed by atoms with Crippen molar-refractivity contribution in [2.24, 2.45) is 5.73 Å². The number of likely N-dealkylation sites (N-methyl/N-ethyl adjacent to an activating group) is 1. The summed E-state index contributed by atoms with van der Waals surface area (Å²) >= 11 is 0. The summed E-state index contributed by atoms with van der Waals surface area (Å²) in [6.45, 7) is 11.9. The van der Waals surface area contributed by atoms with Gasteiger partial charge in [-0.25, -0.2) is 4.79 Å². The zero-order valence-corrected chi connectivity index (χ0v) is 14.2. The van der Waals surface area contributed by atoms with Crippen molar-refractivity contribution in [3.8, 4) is 0 Å². The summed E-state index contributed by atoms with van der Waals surface area (Å²) in [5.41, 5.74) is 5.42. The third-order valence-corrected chi connectivity index (χ3v) is 3.95. The van der Waals surface area contributed by atoms with E-state index < -0.39 is 5.60 Å². The number of nitrogens with one attached hydrogen (secondary N) is 1. The minimum absolute atomic E-state index is 0.167. The van der Waals surface area contributed by atoms with Crippen LogP contribution in [0.25, 0.3) is 0 Å². The quantitative estimate of drug-likeness (QED) is 0.788. The highest BCUT2D eigenvalue weighted by molar-refractivity contribution is 5.67. The van der Waals surface area contributed by atoms with Gasteiger partial charge in [0.05, 0.1) is 0 Å². The molecular weight excluding hydrogens is 268 g/mol. The Morgan fingerprint density at radius 1 is 1.43 bits per heavy atom. The Bertz CT molecular complexity index is 330. The van der Waals surface area contributed by atoms with Crippen LogP contribution in [0.4, 0.5) is 4.79 Å². The van der Waals surface area contributed by atoms with E-state index in [0.717, 1.165) is 26.1 Å². The molecule has 6 heteroatoms. The Labute approximate surface area is 129 Å². The van der Waals surface area contributed by atoms with Crippen LogP contribution in [-0.2, 0) is 4.74 Å². The molecule has 0 bridgehead atoms. The van der Waals surface area contributed by atoms with Crippen molar-refractivity contribution in [2.75, 3.05) is 39.8 Å². The number of carbonyl (C=O) groups excluding carboxylic acids is 1. The van der Waals surface area contributed by atoms with Gasteiger partial charge in [-0.3, -0.25) is 4.90 Å². The van der Waals surface area contributed by atoms with Gasteiger partial charge in [0.1, 0.15) is 5.60 Å². The fraction of sp³-hybridized carbons (Fsp3) is 0.933. The van der Waals surface area contributed by atoms with Gasteiger partial charge in [0.25, 0.3) is 0 Å². The molecular formula is C15H32N4O2. The largest absolute Gasteiger partial charge is 0.444 e. The Kier molecular flexibility index (Phi) is 6.90. The molecule has 6 nitrogen and oxygen atoms in total. The predicted octanol–water partition coefficient (Wildman–Crippen LogP) is 0.864. The minimum Gasteiger partial charge on any atom is -0.444 e. The van der Waals surface area contributed by atoms with Gasteiger partial charge in [0.15, 0.2) is 0 Å². The van der Waals surface area contributed by atoms with Crippen LogP contribution in [0.3, 0.4) is 0 Å². The molecule has 0 spiro atoms. The highest BCUT2D eigenvalue weighted by Gasteiger charge is 2.27. The zero-order chi connectivity index (χ0) is 16.0. The molecule has 0 aromatic carbocycles. The average Bonchev–Trinajstić information content (AvgIpc) is 2.39. The fourth-order valence-corrected chi connectivity index (χ4v) is 2.62. The molecule has 1 aliphatic rings. The third kappa shape index (κ3) is 6.20. The van der Waals surface area contributed by atoms with Crippen LogP contribution in [0, 0.1) is 0 Å². The summed E-state index contributed by atoms with van der Waals surface area (Å²) < 4.78 is 5.26. The first-order valence-corrected chi connectivity index (χ1v) is 7.88. The van der Waals surface area contributed by atoms with Crippen LogP contribution in [0.15, 0.2) is 0 Å². The molecule has 0 aliphatic carbocycles. The van der Waals surface area contributed by atoms with Crippen LogP contribution in [0.5, 0.6) is 0 Å². The van der Waals surface area contributed by atoms with Crippen molar-refractivity contribution in [1.29, 1.82) is 0 Å². The zero-order valence-electron chi connectivity index (χ0n) is 14.2. The number of piperazine rings is 1. The van der Waals surface area contributed by atoms with Crippen LogP contribution in [0.2, 0.25) is 0 Å². The second-order valence-electron chi connectivity index (χ2n) is 6.81. The Morgan fingerprint density at radius 3 is 2.62 bits per heavy atom. The van der Waals surface area contributed by atoms with Crippen LogP contribution in [0.1, 0.15) is 34.1 Å². The lowest BCUT2D eigenvalue weighted by molar-refractivity contribution is 0.0446. The number of ether oxygens (including phenoxy) is 1. The number of rotatable bonds is 5. The van der Waals surface area contributed by atoms with E-state index in [1.54, 1.807) is 0 Å². The smallest absolute Gasteiger partial charge is 0.407 e. The molecule has 124 valence electrons. The lowest BCUT2D eigenvalue weighted by Gasteiger charge is -2.42. The number of hydrogen-bond acceptors (Lipinski definition) is 5. The van der Waals surface area contributed by atoms with Gasteiger partial charge in [-0.2, -0.15) is 0 Å². The molecule has 0 saturated carbocycles. The Hall–Kier alpha value is -0.850. The van der Waals surface area contributed by atoms with E-state index in [-0.39, 0.29) is 12.1 Å². The summed E-state index contributed by atoms with van der Waals surface area (Å²) in [5, 5.41) is 2.84. The number of carbonyl (C=O) groups is 1. The first-order valence-electron chi connectivity index (χ1n) is 7.88. The molecule has 2 unspecified atom stereocenters. The van der Waals surface area contributed by atoms with Gasteiger partial charge in [-0.05, 0) is 34.2 Å². The monoisotopic (exact) mass is 300 g/mol. The molecule has 0 aromatic rings. The highest BCUT2D eigenvalue weighted by Crippen LogP contribution is 2.13.